The molecular formula is C17H20F3NO3. The van der Waals surface area contributed by atoms with Gasteiger partial charge in [-0.2, -0.15) is 13.2 Å². The second kappa shape index (κ2) is 6.27. The van der Waals surface area contributed by atoms with Crippen molar-refractivity contribution < 1.29 is 27.4 Å². The lowest BCUT2D eigenvalue weighted by Gasteiger charge is -2.45. The van der Waals surface area contributed by atoms with Crippen LogP contribution in [0.5, 0.6) is 5.75 Å². The predicted molar refractivity (Wildman–Crippen MR) is 80.6 cm³/mol. The van der Waals surface area contributed by atoms with Gasteiger partial charge in [0, 0.05) is 13.1 Å². The summed E-state index contributed by atoms with van der Waals surface area (Å²) in [4.78, 5) is 14.1. The molecule has 1 aromatic carbocycles. The molecule has 0 radical (unpaired) electrons. The molecule has 4 nitrogen and oxygen atoms in total. The maximum absolute atomic E-state index is 12.8. The molecule has 2 fully saturated rings. The molecule has 1 saturated carbocycles. The minimum atomic E-state index is -4.39. The number of rotatable bonds is 4. The number of benzene rings is 1. The zero-order chi connectivity index (χ0) is 17.4. The standard InChI is InChI=1S/C17H20F3NO3/c1-23-15(22)16(7-3-8-16)21-9-6-14(11-21)24-13-5-2-4-12(10-13)17(18,19)20/h2,4-5,10,14H,3,6-9,11H2,1H3/t14-/m1/s1. The first-order chi connectivity index (χ1) is 11.3. The lowest BCUT2D eigenvalue weighted by molar-refractivity contribution is -0.161. The molecule has 2 aliphatic rings. The van der Waals surface area contributed by atoms with Gasteiger partial charge < -0.3 is 9.47 Å². The quantitative estimate of drug-likeness (QED) is 0.787. The molecule has 132 valence electrons. The lowest BCUT2D eigenvalue weighted by Crippen LogP contribution is -2.59. The number of hydrogen-bond acceptors (Lipinski definition) is 4. The first-order valence-corrected chi connectivity index (χ1v) is 8.02. The molecule has 0 amide bonds. The average Bonchev–Trinajstić information content (AvgIpc) is 2.94. The highest BCUT2D eigenvalue weighted by Crippen LogP contribution is 2.41. The van der Waals surface area contributed by atoms with Gasteiger partial charge >= 0.3 is 12.1 Å². The lowest BCUT2D eigenvalue weighted by atomic mass is 9.75. The molecule has 0 N–H and O–H groups in total. The molecule has 3 rings (SSSR count). The molecule has 1 aromatic rings. The third-order valence-corrected chi connectivity index (χ3v) is 4.96. The molecule has 7 heteroatoms. The van der Waals surface area contributed by atoms with E-state index in [1.54, 1.807) is 0 Å². The number of alkyl halides is 3. The van der Waals surface area contributed by atoms with Gasteiger partial charge in [0.25, 0.3) is 0 Å². The van der Waals surface area contributed by atoms with E-state index in [1.807, 2.05) is 0 Å². The molecule has 1 aliphatic carbocycles. The average molecular weight is 343 g/mol. The van der Waals surface area contributed by atoms with Crippen LogP contribution in [-0.4, -0.2) is 42.7 Å². The van der Waals surface area contributed by atoms with Crippen LogP contribution in [0.4, 0.5) is 13.2 Å². The molecule has 0 bridgehead atoms. The van der Waals surface area contributed by atoms with Crippen LogP contribution < -0.4 is 4.74 Å². The van der Waals surface area contributed by atoms with Crippen LogP contribution in [0.25, 0.3) is 0 Å². The number of nitrogens with zero attached hydrogens (tertiary/aromatic N) is 1. The molecule has 1 saturated heterocycles. The molecule has 0 unspecified atom stereocenters. The Balaban J connectivity index is 1.66. The van der Waals surface area contributed by atoms with Crippen LogP contribution in [0.2, 0.25) is 0 Å². The summed E-state index contributed by atoms with van der Waals surface area (Å²) in [7, 11) is 1.38. The Morgan fingerprint density at radius 3 is 2.67 bits per heavy atom. The van der Waals surface area contributed by atoms with Crippen molar-refractivity contribution in [3.63, 3.8) is 0 Å². The van der Waals surface area contributed by atoms with Gasteiger partial charge in [-0.15, -0.1) is 0 Å². The largest absolute Gasteiger partial charge is 0.489 e. The summed E-state index contributed by atoms with van der Waals surface area (Å²) in [5, 5.41) is 0. The Bertz CT molecular complexity index is 613. The fraction of sp³-hybridized carbons (Fsp3) is 0.588. The zero-order valence-electron chi connectivity index (χ0n) is 13.4. The number of hydrogen-bond donors (Lipinski definition) is 0. The number of esters is 1. The maximum Gasteiger partial charge on any atom is 0.416 e. The van der Waals surface area contributed by atoms with Crippen LogP contribution in [0.3, 0.4) is 0 Å². The number of methoxy groups -OCH3 is 1. The van der Waals surface area contributed by atoms with E-state index in [0.29, 0.717) is 19.5 Å². The van der Waals surface area contributed by atoms with Crippen molar-refractivity contribution in [1.82, 2.24) is 4.90 Å². The van der Waals surface area contributed by atoms with Crippen LogP contribution in [-0.2, 0) is 15.7 Å². The predicted octanol–water partition coefficient (Wildman–Crippen LogP) is 3.25. The smallest absolute Gasteiger partial charge is 0.416 e. The van der Waals surface area contributed by atoms with Gasteiger partial charge in [-0.3, -0.25) is 9.69 Å². The first kappa shape index (κ1) is 17.1. The second-order valence-electron chi connectivity index (χ2n) is 6.38. The van der Waals surface area contributed by atoms with Gasteiger partial charge in [0.2, 0.25) is 0 Å². The van der Waals surface area contributed by atoms with Gasteiger partial charge in [0.1, 0.15) is 17.4 Å². The second-order valence-corrected chi connectivity index (χ2v) is 6.38. The van der Waals surface area contributed by atoms with Crippen molar-refractivity contribution in [3.8, 4) is 5.75 Å². The maximum atomic E-state index is 12.8. The fourth-order valence-electron chi connectivity index (χ4n) is 3.50. The number of carbonyl (C=O) groups is 1. The molecular weight excluding hydrogens is 323 g/mol. The fourth-order valence-corrected chi connectivity index (χ4v) is 3.50. The van der Waals surface area contributed by atoms with E-state index in [9.17, 15) is 18.0 Å². The van der Waals surface area contributed by atoms with E-state index in [1.165, 1.54) is 19.2 Å². The van der Waals surface area contributed by atoms with Crippen molar-refractivity contribution in [3.05, 3.63) is 29.8 Å². The van der Waals surface area contributed by atoms with E-state index < -0.39 is 17.3 Å². The third kappa shape index (κ3) is 3.09. The molecule has 1 heterocycles. The molecule has 1 atom stereocenters. The molecule has 0 spiro atoms. The van der Waals surface area contributed by atoms with E-state index in [4.69, 9.17) is 9.47 Å². The number of ether oxygens (including phenoxy) is 2. The van der Waals surface area contributed by atoms with Crippen LogP contribution in [0.15, 0.2) is 24.3 Å². The van der Waals surface area contributed by atoms with Crippen LogP contribution >= 0.6 is 0 Å². The summed E-state index contributed by atoms with van der Waals surface area (Å²) in [6, 6.07) is 4.90. The van der Waals surface area contributed by atoms with E-state index in [0.717, 1.165) is 31.4 Å². The van der Waals surface area contributed by atoms with Crippen LogP contribution in [0, 0.1) is 0 Å². The van der Waals surface area contributed by atoms with Crippen molar-refractivity contribution in [2.75, 3.05) is 20.2 Å². The van der Waals surface area contributed by atoms with Gasteiger partial charge in [0.15, 0.2) is 0 Å². The molecule has 0 aromatic heterocycles. The van der Waals surface area contributed by atoms with Gasteiger partial charge in [0.05, 0.1) is 12.7 Å². The normalized spacial score (nSPS) is 23.6. The third-order valence-electron chi connectivity index (χ3n) is 4.96. The van der Waals surface area contributed by atoms with Crippen molar-refractivity contribution >= 4 is 5.97 Å². The highest BCUT2D eigenvalue weighted by atomic mass is 19.4. The van der Waals surface area contributed by atoms with Crippen molar-refractivity contribution in [1.29, 1.82) is 0 Å². The SMILES string of the molecule is COC(=O)C1(N2CC[C@@H](Oc3cccc(C(F)(F)F)c3)C2)CCC1. The summed E-state index contributed by atoms with van der Waals surface area (Å²) in [6.07, 6.45) is -1.44. The summed E-state index contributed by atoms with van der Waals surface area (Å²) < 4.78 is 49.0. The summed E-state index contributed by atoms with van der Waals surface area (Å²) in [5.41, 5.74) is -1.29. The van der Waals surface area contributed by atoms with Crippen molar-refractivity contribution in [2.45, 2.75) is 43.5 Å². The number of likely N-dealkylation sites (tertiary alicyclic amines) is 1. The Morgan fingerprint density at radius 2 is 2.08 bits per heavy atom. The Hall–Kier alpha value is -1.76. The van der Waals surface area contributed by atoms with Gasteiger partial charge in [-0.05, 0) is 43.9 Å². The molecule has 24 heavy (non-hydrogen) atoms. The number of halogens is 3. The number of carbonyl (C=O) groups excluding carboxylic acids is 1. The Kier molecular flexibility index (Phi) is 4.46. The van der Waals surface area contributed by atoms with E-state index >= 15 is 0 Å². The minimum Gasteiger partial charge on any atom is -0.489 e. The Morgan fingerprint density at radius 1 is 1.33 bits per heavy atom. The van der Waals surface area contributed by atoms with Gasteiger partial charge in [-0.25, -0.2) is 0 Å². The van der Waals surface area contributed by atoms with E-state index in [2.05, 4.69) is 4.90 Å². The Labute approximate surface area is 138 Å². The van der Waals surface area contributed by atoms with E-state index in [-0.39, 0.29) is 17.8 Å². The highest BCUT2D eigenvalue weighted by molar-refractivity contribution is 5.82. The molecule has 1 aliphatic heterocycles. The van der Waals surface area contributed by atoms with Crippen molar-refractivity contribution in [2.24, 2.45) is 0 Å². The zero-order valence-corrected chi connectivity index (χ0v) is 13.4. The summed E-state index contributed by atoms with van der Waals surface area (Å²) in [5.74, 6) is -0.0223. The highest BCUT2D eigenvalue weighted by Gasteiger charge is 2.52. The summed E-state index contributed by atoms with van der Waals surface area (Å²) in [6.45, 7) is 1.20. The van der Waals surface area contributed by atoms with Crippen LogP contribution in [0.1, 0.15) is 31.2 Å². The minimum absolute atomic E-state index is 0.206. The van der Waals surface area contributed by atoms with Gasteiger partial charge in [-0.1, -0.05) is 6.07 Å². The summed E-state index contributed by atoms with van der Waals surface area (Å²) >= 11 is 0. The monoisotopic (exact) mass is 343 g/mol. The first-order valence-electron chi connectivity index (χ1n) is 8.02. The topological polar surface area (TPSA) is 38.8 Å².